The maximum absolute atomic E-state index is 4.49. The minimum absolute atomic E-state index is 0.438. The minimum Gasteiger partial charge on any atom is -0.311 e. The smallest absolute Gasteiger partial charge is 0.109 e. The average Bonchev–Trinajstić information content (AvgIpc) is 2.90. The molecule has 0 radical (unpaired) electrons. The Balaban J connectivity index is 2.14. The molecule has 3 atom stereocenters. The molecule has 0 amide bonds. The molecule has 1 aromatic rings. The predicted molar refractivity (Wildman–Crippen MR) is 77.9 cm³/mol. The number of nitrogens with zero attached hydrogens (tertiary/aromatic N) is 2. The van der Waals surface area contributed by atoms with Gasteiger partial charge in [-0.15, -0.1) is 11.3 Å². The topological polar surface area (TPSA) is 28.2 Å². The molecule has 2 heterocycles. The van der Waals surface area contributed by atoms with Gasteiger partial charge >= 0.3 is 0 Å². The molecule has 3 unspecified atom stereocenters. The van der Waals surface area contributed by atoms with Crippen molar-refractivity contribution >= 4 is 11.3 Å². The number of aromatic nitrogens is 1. The van der Waals surface area contributed by atoms with E-state index < -0.39 is 0 Å². The second kappa shape index (κ2) is 6.13. The summed E-state index contributed by atoms with van der Waals surface area (Å²) in [6.45, 7) is 11.4. The zero-order valence-corrected chi connectivity index (χ0v) is 12.7. The highest BCUT2D eigenvalue weighted by molar-refractivity contribution is 7.09. The molecule has 3 nitrogen and oxygen atoms in total. The van der Waals surface area contributed by atoms with E-state index in [1.54, 1.807) is 11.3 Å². The Morgan fingerprint density at radius 3 is 2.83 bits per heavy atom. The standard InChI is InChI=1S/C14H25N3S/c1-5-12-9-17(13(8-16-12)10(2)3)11(4)14-15-6-7-18-14/h6-7,10-13,16H,5,8-9H2,1-4H3. The Bertz CT molecular complexity index is 350. The Morgan fingerprint density at radius 1 is 1.50 bits per heavy atom. The van der Waals surface area contributed by atoms with Crippen LogP contribution in [0.2, 0.25) is 0 Å². The van der Waals surface area contributed by atoms with E-state index in [1.807, 2.05) is 6.20 Å². The zero-order chi connectivity index (χ0) is 13.1. The summed E-state index contributed by atoms with van der Waals surface area (Å²) in [5.41, 5.74) is 0. The summed E-state index contributed by atoms with van der Waals surface area (Å²) < 4.78 is 0. The van der Waals surface area contributed by atoms with E-state index in [4.69, 9.17) is 0 Å². The lowest BCUT2D eigenvalue weighted by atomic mass is 9.96. The van der Waals surface area contributed by atoms with Crippen molar-refractivity contribution in [1.29, 1.82) is 0 Å². The van der Waals surface area contributed by atoms with Gasteiger partial charge in [0.15, 0.2) is 0 Å². The zero-order valence-electron chi connectivity index (χ0n) is 11.9. The summed E-state index contributed by atoms with van der Waals surface area (Å²) in [4.78, 5) is 7.14. The lowest BCUT2D eigenvalue weighted by Crippen LogP contribution is -2.58. The summed E-state index contributed by atoms with van der Waals surface area (Å²) in [6.07, 6.45) is 3.12. The molecular weight excluding hydrogens is 242 g/mol. The Hall–Kier alpha value is -0.450. The van der Waals surface area contributed by atoms with Crippen molar-refractivity contribution in [3.05, 3.63) is 16.6 Å². The number of thiazole rings is 1. The summed E-state index contributed by atoms with van der Waals surface area (Å²) in [6, 6.07) is 1.68. The van der Waals surface area contributed by atoms with Crippen molar-refractivity contribution in [1.82, 2.24) is 15.2 Å². The summed E-state index contributed by atoms with van der Waals surface area (Å²) >= 11 is 1.77. The molecule has 1 aromatic heterocycles. The van der Waals surface area contributed by atoms with Gasteiger partial charge in [-0.1, -0.05) is 20.8 Å². The molecule has 18 heavy (non-hydrogen) atoms. The van der Waals surface area contributed by atoms with Gasteiger partial charge in [0.1, 0.15) is 5.01 Å². The van der Waals surface area contributed by atoms with E-state index in [2.05, 4.69) is 48.3 Å². The fourth-order valence-corrected chi connectivity index (χ4v) is 3.49. The van der Waals surface area contributed by atoms with Crippen molar-refractivity contribution in [3.8, 4) is 0 Å². The normalized spacial score (nSPS) is 27.6. The predicted octanol–water partition coefficient (Wildman–Crippen LogP) is 2.91. The van der Waals surface area contributed by atoms with Crippen LogP contribution in [-0.4, -0.2) is 35.1 Å². The molecule has 1 N–H and O–H groups in total. The highest BCUT2D eigenvalue weighted by atomic mass is 32.1. The van der Waals surface area contributed by atoms with Crippen molar-refractivity contribution in [2.24, 2.45) is 5.92 Å². The number of piperazine rings is 1. The molecule has 1 fully saturated rings. The fourth-order valence-electron chi connectivity index (χ4n) is 2.78. The Labute approximate surface area is 115 Å². The van der Waals surface area contributed by atoms with Crippen LogP contribution in [0.5, 0.6) is 0 Å². The molecule has 0 aliphatic carbocycles. The maximum atomic E-state index is 4.49. The van der Waals surface area contributed by atoms with Crippen LogP contribution >= 0.6 is 11.3 Å². The molecule has 102 valence electrons. The van der Waals surface area contributed by atoms with E-state index in [0.717, 1.165) is 13.1 Å². The third-order valence-corrected chi connectivity index (χ3v) is 4.99. The summed E-state index contributed by atoms with van der Waals surface area (Å²) in [5, 5.41) is 7.00. The number of rotatable bonds is 4. The molecule has 1 aliphatic heterocycles. The molecule has 1 aliphatic rings. The van der Waals surface area contributed by atoms with Crippen molar-refractivity contribution in [2.75, 3.05) is 13.1 Å². The third kappa shape index (κ3) is 2.92. The van der Waals surface area contributed by atoms with Crippen molar-refractivity contribution < 1.29 is 0 Å². The highest BCUT2D eigenvalue weighted by Gasteiger charge is 2.33. The maximum Gasteiger partial charge on any atom is 0.109 e. The first kappa shape index (κ1) is 14.0. The van der Waals surface area contributed by atoms with E-state index in [9.17, 15) is 0 Å². The largest absolute Gasteiger partial charge is 0.311 e. The lowest BCUT2D eigenvalue weighted by molar-refractivity contribution is 0.0609. The molecule has 0 saturated carbocycles. The lowest BCUT2D eigenvalue weighted by Gasteiger charge is -2.44. The van der Waals surface area contributed by atoms with Gasteiger partial charge in [-0.3, -0.25) is 4.90 Å². The summed E-state index contributed by atoms with van der Waals surface area (Å²) in [5.74, 6) is 0.678. The monoisotopic (exact) mass is 267 g/mol. The van der Waals surface area contributed by atoms with Crippen LogP contribution < -0.4 is 5.32 Å². The molecule has 1 saturated heterocycles. The average molecular weight is 267 g/mol. The Kier molecular flexibility index (Phi) is 4.76. The van der Waals surface area contributed by atoms with Gasteiger partial charge in [0.25, 0.3) is 0 Å². The third-order valence-electron chi connectivity index (χ3n) is 4.04. The number of nitrogens with one attached hydrogen (secondary N) is 1. The van der Waals surface area contributed by atoms with Crippen LogP contribution in [0.25, 0.3) is 0 Å². The van der Waals surface area contributed by atoms with Gasteiger partial charge in [-0.05, 0) is 19.3 Å². The summed E-state index contributed by atoms with van der Waals surface area (Å²) in [7, 11) is 0. The quantitative estimate of drug-likeness (QED) is 0.909. The van der Waals surface area contributed by atoms with Gasteiger partial charge in [-0.2, -0.15) is 0 Å². The highest BCUT2D eigenvalue weighted by Crippen LogP contribution is 2.28. The van der Waals surface area contributed by atoms with Crippen molar-refractivity contribution in [2.45, 2.75) is 52.2 Å². The van der Waals surface area contributed by atoms with E-state index >= 15 is 0 Å². The first-order valence-corrected chi connectivity index (χ1v) is 7.90. The van der Waals surface area contributed by atoms with E-state index in [-0.39, 0.29) is 0 Å². The van der Waals surface area contributed by atoms with Crippen LogP contribution in [0.4, 0.5) is 0 Å². The van der Waals surface area contributed by atoms with Gasteiger partial charge in [0.2, 0.25) is 0 Å². The molecule has 0 bridgehead atoms. The number of hydrogen-bond donors (Lipinski definition) is 1. The van der Waals surface area contributed by atoms with Crippen LogP contribution in [0, 0.1) is 5.92 Å². The fraction of sp³-hybridized carbons (Fsp3) is 0.786. The van der Waals surface area contributed by atoms with Crippen LogP contribution in [-0.2, 0) is 0 Å². The van der Waals surface area contributed by atoms with Crippen LogP contribution in [0.1, 0.15) is 45.2 Å². The minimum atomic E-state index is 0.438. The number of hydrogen-bond acceptors (Lipinski definition) is 4. The van der Waals surface area contributed by atoms with Gasteiger partial charge < -0.3 is 5.32 Å². The molecule has 0 aromatic carbocycles. The molecule has 2 rings (SSSR count). The van der Waals surface area contributed by atoms with Crippen molar-refractivity contribution in [3.63, 3.8) is 0 Å². The first-order valence-electron chi connectivity index (χ1n) is 7.02. The van der Waals surface area contributed by atoms with Gasteiger partial charge in [0.05, 0.1) is 6.04 Å². The van der Waals surface area contributed by atoms with E-state index in [0.29, 0.717) is 24.0 Å². The molecule has 0 spiro atoms. The van der Waals surface area contributed by atoms with Gasteiger partial charge in [0, 0.05) is 36.8 Å². The SMILES string of the molecule is CCC1CN(C(C)c2nccs2)C(C(C)C)CN1. The van der Waals surface area contributed by atoms with E-state index in [1.165, 1.54) is 11.4 Å². The molecule has 4 heteroatoms. The second-order valence-electron chi connectivity index (χ2n) is 5.57. The first-order chi connectivity index (χ1) is 8.63. The van der Waals surface area contributed by atoms with Gasteiger partial charge in [-0.25, -0.2) is 4.98 Å². The Morgan fingerprint density at radius 2 is 2.28 bits per heavy atom. The second-order valence-corrected chi connectivity index (χ2v) is 6.49. The van der Waals surface area contributed by atoms with Crippen LogP contribution in [0.3, 0.4) is 0 Å². The van der Waals surface area contributed by atoms with Crippen LogP contribution in [0.15, 0.2) is 11.6 Å². The molecular formula is C14H25N3S.